The van der Waals surface area contributed by atoms with Crippen molar-refractivity contribution in [2.45, 2.75) is 25.9 Å². The van der Waals surface area contributed by atoms with Gasteiger partial charge in [-0.25, -0.2) is 4.79 Å². The van der Waals surface area contributed by atoms with Crippen molar-refractivity contribution < 1.29 is 29.0 Å². The van der Waals surface area contributed by atoms with Crippen molar-refractivity contribution >= 4 is 40.8 Å². The molecule has 30 heavy (non-hydrogen) atoms. The van der Waals surface area contributed by atoms with E-state index < -0.39 is 24.7 Å². The van der Waals surface area contributed by atoms with Crippen molar-refractivity contribution in [1.82, 2.24) is 15.5 Å². The fraction of sp³-hybridized carbons (Fsp3) is 0.421. The van der Waals surface area contributed by atoms with Crippen LogP contribution in [-0.4, -0.2) is 60.3 Å². The van der Waals surface area contributed by atoms with E-state index in [1.54, 1.807) is 18.2 Å². The zero-order chi connectivity index (χ0) is 21.7. The molecule has 1 aromatic rings. The maximum atomic E-state index is 12.4. The minimum Gasteiger partial charge on any atom is -0.492 e. The van der Waals surface area contributed by atoms with Crippen molar-refractivity contribution in [1.29, 1.82) is 0 Å². The summed E-state index contributed by atoms with van der Waals surface area (Å²) in [5.41, 5.74) is 1.26. The van der Waals surface area contributed by atoms with E-state index in [0.717, 1.165) is 0 Å². The van der Waals surface area contributed by atoms with E-state index >= 15 is 0 Å². The molecule has 11 heteroatoms. The first-order chi connectivity index (χ1) is 14.4. The van der Waals surface area contributed by atoms with Crippen molar-refractivity contribution in [2.75, 3.05) is 26.3 Å². The second-order valence-electron chi connectivity index (χ2n) is 6.55. The third-order valence-electron chi connectivity index (χ3n) is 4.45. The summed E-state index contributed by atoms with van der Waals surface area (Å²) >= 11 is 7.02. The van der Waals surface area contributed by atoms with Gasteiger partial charge in [0.25, 0.3) is 5.91 Å². The molecule has 3 N–H and O–H groups in total. The number of carbonyl (C=O) groups is 3. The van der Waals surface area contributed by atoms with Gasteiger partial charge in [0, 0.05) is 11.8 Å². The predicted molar refractivity (Wildman–Crippen MR) is 110 cm³/mol. The molecule has 0 bridgehead atoms. The SMILES string of the molecule is CCOC1=C(N2CC(CNC(=O)c3ccc(Cl)s3)OC2=O)CCC(NC(=O)CO)=C1. The van der Waals surface area contributed by atoms with Gasteiger partial charge in [-0.05, 0) is 31.9 Å². The Balaban J connectivity index is 1.65. The predicted octanol–water partition coefficient (Wildman–Crippen LogP) is 1.99. The van der Waals surface area contributed by atoms with E-state index in [1.807, 2.05) is 6.92 Å². The Bertz CT molecular complexity index is 897. The maximum absolute atomic E-state index is 12.4. The van der Waals surface area contributed by atoms with Gasteiger partial charge >= 0.3 is 6.09 Å². The zero-order valence-electron chi connectivity index (χ0n) is 16.3. The Morgan fingerprint density at radius 1 is 1.40 bits per heavy atom. The quantitative estimate of drug-likeness (QED) is 0.551. The lowest BCUT2D eigenvalue weighted by Crippen LogP contribution is -2.35. The minimum atomic E-state index is -0.610. The topological polar surface area (TPSA) is 117 Å². The molecule has 0 spiro atoms. The van der Waals surface area contributed by atoms with Gasteiger partial charge in [-0.15, -0.1) is 11.3 Å². The summed E-state index contributed by atoms with van der Waals surface area (Å²) in [6.45, 7) is 2.02. The van der Waals surface area contributed by atoms with Crippen LogP contribution in [0.5, 0.6) is 0 Å². The smallest absolute Gasteiger partial charge is 0.414 e. The number of halogens is 1. The Hall–Kier alpha value is -2.56. The molecule has 1 unspecified atom stereocenters. The van der Waals surface area contributed by atoms with Crippen LogP contribution in [0.25, 0.3) is 0 Å². The van der Waals surface area contributed by atoms with E-state index in [2.05, 4.69) is 10.6 Å². The number of nitrogens with zero attached hydrogens (tertiary/aromatic N) is 1. The first kappa shape index (κ1) is 22.1. The zero-order valence-corrected chi connectivity index (χ0v) is 17.8. The molecule has 1 saturated heterocycles. The lowest BCUT2D eigenvalue weighted by molar-refractivity contribution is -0.123. The summed E-state index contributed by atoms with van der Waals surface area (Å²) < 4.78 is 11.6. The monoisotopic (exact) mass is 455 g/mol. The summed E-state index contributed by atoms with van der Waals surface area (Å²) in [5, 5.41) is 14.3. The number of aliphatic hydroxyl groups is 1. The molecule has 0 radical (unpaired) electrons. The lowest BCUT2D eigenvalue weighted by Gasteiger charge is -2.25. The van der Waals surface area contributed by atoms with E-state index in [-0.39, 0.29) is 19.0 Å². The number of hydrogen-bond donors (Lipinski definition) is 3. The van der Waals surface area contributed by atoms with E-state index in [4.69, 9.17) is 26.2 Å². The van der Waals surface area contributed by atoms with Gasteiger partial charge in [-0.1, -0.05) is 11.6 Å². The van der Waals surface area contributed by atoms with Crippen LogP contribution in [0, 0.1) is 0 Å². The number of cyclic esters (lactones) is 1. The number of hydrogen-bond acceptors (Lipinski definition) is 7. The van der Waals surface area contributed by atoms with Gasteiger partial charge in [-0.3, -0.25) is 14.5 Å². The highest BCUT2D eigenvalue weighted by Gasteiger charge is 2.36. The standard InChI is InChI=1S/C19H22ClN3O6S/c1-2-28-14-7-11(22-17(25)10-24)3-4-13(14)23-9-12(29-19(23)27)8-21-18(26)15-5-6-16(20)30-15/h5-7,12,24H,2-4,8-10H2,1H3,(H,21,26)(H,22,25). The van der Waals surface area contributed by atoms with Gasteiger partial charge < -0.3 is 25.2 Å². The molecule has 1 aliphatic heterocycles. The number of amides is 3. The molecule has 1 atom stereocenters. The van der Waals surface area contributed by atoms with Crippen molar-refractivity contribution in [3.63, 3.8) is 0 Å². The largest absolute Gasteiger partial charge is 0.492 e. The summed E-state index contributed by atoms with van der Waals surface area (Å²) in [7, 11) is 0. The molecule has 3 amide bonds. The molecular weight excluding hydrogens is 434 g/mol. The van der Waals surface area contributed by atoms with Gasteiger partial charge in [0.1, 0.15) is 18.5 Å². The maximum Gasteiger partial charge on any atom is 0.414 e. The summed E-state index contributed by atoms with van der Waals surface area (Å²) in [5.74, 6) is -0.323. The Morgan fingerprint density at radius 2 is 2.20 bits per heavy atom. The number of ether oxygens (including phenoxy) is 2. The van der Waals surface area contributed by atoms with Crippen LogP contribution in [0.4, 0.5) is 4.79 Å². The van der Waals surface area contributed by atoms with Crippen LogP contribution in [0.15, 0.2) is 35.4 Å². The number of nitrogens with one attached hydrogen (secondary N) is 2. The van der Waals surface area contributed by atoms with E-state index in [0.29, 0.717) is 45.8 Å². The highest BCUT2D eigenvalue weighted by Crippen LogP contribution is 2.30. The van der Waals surface area contributed by atoms with E-state index in [9.17, 15) is 14.4 Å². The summed E-state index contributed by atoms with van der Waals surface area (Å²) in [6, 6.07) is 3.28. The highest BCUT2D eigenvalue weighted by atomic mass is 35.5. The van der Waals surface area contributed by atoms with Crippen LogP contribution in [-0.2, 0) is 14.3 Å². The molecule has 3 rings (SSSR count). The third kappa shape index (κ3) is 5.32. The van der Waals surface area contributed by atoms with Gasteiger partial charge in [0.05, 0.1) is 34.6 Å². The average Bonchev–Trinajstić information content (AvgIpc) is 3.32. The van der Waals surface area contributed by atoms with Crippen molar-refractivity contribution in [3.8, 4) is 0 Å². The van der Waals surface area contributed by atoms with Crippen LogP contribution in [0.2, 0.25) is 4.34 Å². The molecule has 1 aliphatic carbocycles. The second-order valence-corrected chi connectivity index (χ2v) is 8.27. The van der Waals surface area contributed by atoms with Crippen LogP contribution < -0.4 is 10.6 Å². The van der Waals surface area contributed by atoms with Gasteiger partial charge in [0.15, 0.2) is 0 Å². The summed E-state index contributed by atoms with van der Waals surface area (Å²) in [6.07, 6.45) is 1.55. The van der Waals surface area contributed by atoms with Crippen LogP contribution in [0.1, 0.15) is 29.4 Å². The second kappa shape index (κ2) is 9.96. The Morgan fingerprint density at radius 3 is 2.87 bits per heavy atom. The molecule has 0 saturated carbocycles. The average molecular weight is 456 g/mol. The fourth-order valence-electron chi connectivity index (χ4n) is 3.13. The molecule has 2 aliphatic rings. The van der Waals surface area contributed by atoms with Crippen LogP contribution >= 0.6 is 22.9 Å². The molecule has 2 heterocycles. The van der Waals surface area contributed by atoms with Gasteiger partial charge in [0.2, 0.25) is 5.91 Å². The van der Waals surface area contributed by atoms with E-state index in [1.165, 1.54) is 16.2 Å². The minimum absolute atomic E-state index is 0.168. The molecule has 1 fully saturated rings. The number of rotatable bonds is 8. The molecule has 162 valence electrons. The molecular formula is C19H22ClN3O6S. The third-order valence-corrected chi connectivity index (χ3v) is 5.68. The van der Waals surface area contributed by atoms with Crippen molar-refractivity contribution in [2.24, 2.45) is 0 Å². The fourth-order valence-corrected chi connectivity index (χ4v) is 4.09. The number of aliphatic hydroxyl groups excluding tert-OH is 1. The number of allylic oxidation sites excluding steroid dienone is 3. The lowest BCUT2D eigenvalue weighted by atomic mass is 10.0. The highest BCUT2D eigenvalue weighted by molar-refractivity contribution is 7.17. The Kier molecular flexibility index (Phi) is 7.35. The summed E-state index contributed by atoms with van der Waals surface area (Å²) in [4.78, 5) is 38.0. The normalized spacial score (nSPS) is 18.8. The Labute approximate surface area is 182 Å². The first-order valence-electron chi connectivity index (χ1n) is 9.40. The number of carbonyl (C=O) groups excluding carboxylic acids is 3. The molecule has 1 aromatic heterocycles. The molecule has 9 nitrogen and oxygen atoms in total. The van der Waals surface area contributed by atoms with Crippen LogP contribution in [0.3, 0.4) is 0 Å². The first-order valence-corrected chi connectivity index (χ1v) is 10.6. The number of thiophene rings is 1. The molecule has 0 aromatic carbocycles. The van der Waals surface area contributed by atoms with Crippen molar-refractivity contribution in [3.05, 3.63) is 44.6 Å². The van der Waals surface area contributed by atoms with Gasteiger partial charge in [-0.2, -0.15) is 0 Å².